The number of anilines is 4. The third kappa shape index (κ3) is 4.82. The van der Waals surface area contributed by atoms with Crippen molar-refractivity contribution in [3.05, 3.63) is 72.7 Å². The van der Waals surface area contributed by atoms with E-state index in [0.29, 0.717) is 17.1 Å². The van der Waals surface area contributed by atoms with E-state index in [1.807, 2.05) is 24.3 Å². The van der Waals surface area contributed by atoms with Crippen LogP contribution in [0.15, 0.2) is 67.1 Å². The van der Waals surface area contributed by atoms with E-state index in [-0.39, 0.29) is 5.91 Å². The summed E-state index contributed by atoms with van der Waals surface area (Å²) in [6, 6.07) is 15.3. The summed E-state index contributed by atoms with van der Waals surface area (Å²) < 4.78 is 0. The topological polar surface area (TPSA) is 70.2 Å². The third-order valence-electron chi connectivity index (χ3n) is 4.21. The summed E-state index contributed by atoms with van der Waals surface area (Å²) in [7, 11) is 0. The Kier molecular flexibility index (Phi) is 5.99. The lowest BCUT2D eigenvalue weighted by atomic mass is 10.2. The maximum absolute atomic E-state index is 12.1. The number of pyridine rings is 2. The van der Waals surface area contributed by atoms with E-state index in [1.165, 1.54) is 11.9 Å². The van der Waals surface area contributed by atoms with Gasteiger partial charge in [-0.2, -0.15) is 0 Å². The van der Waals surface area contributed by atoms with Crippen LogP contribution < -0.4 is 15.5 Å². The number of hydrogen-bond donors (Lipinski definition) is 2. The molecule has 0 aliphatic rings. The highest BCUT2D eigenvalue weighted by Gasteiger charge is 2.06. The van der Waals surface area contributed by atoms with Crippen LogP contribution in [0, 0.1) is 0 Å². The van der Waals surface area contributed by atoms with Crippen LogP contribution in [0.3, 0.4) is 0 Å². The molecule has 6 heteroatoms. The zero-order chi connectivity index (χ0) is 19.1. The minimum atomic E-state index is -0.211. The Morgan fingerprint density at radius 2 is 1.70 bits per heavy atom. The van der Waals surface area contributed by atoms with Gasteiger partial charge in [0.15, 0.2) is 0 Å². The van der Waals surface area contributed by atoms with Gasteiger partial charge in [0.2, 0.25) is 0 Å². The second-order valence-electron chi connectivity index (χ2n) is 5.97. The molecule has 3 aromatic rings. The number of nitrogens with zero attached hydrogens (tertiary/aromatic N) is 3. The van der Waals surface area contributed by atoms with E-state index < -0.39 is 0 Å². The molecular weight excluding hydrogens is 338 g/mol. The lowest BCUT2D eigenvalue weighted by molar-refractivity contribution is 0.102. The van der Waals surface area contributed by atoms with E-state index in [1.54, 1.807) is 24.5 Å². The maximum atomic E-state index is 12.1. The highest BCUT2D eigenvalue weighted by Crippen LogP contribution is 2.21. The fourth-order valence-corrected chi connectivity index (χ4v) is 2.73. The van der Waals surface area contributed by atoms with Gasteiger partial charge >= 0.3 is 0 Å². The Morgan fingerprint density at radius 3 is 2.30 bits per heavy atom. The average molecular weight is 361 g/mol. The Balaban J connectivity index is 1.61. The molecule has 0 radical (unpaired) electrons. The smallest absolute Gasteiger partial charge is 0.257 e. The molecule has 0 spiro atoms. The van der Waals surface area contributed by atoms with Gasteiger partial charge in [0.05, 0.1) is 17.4 Å². The lowest BCUT2D eigenvalue weighted by Gasteiger charge is -2.21. The predicted molar refractivity (Wildman–Crippen MR) is 110 cm³/mol. The first-order valence-corrected chi connectivity index (χ1v) is 8.99. The fraction of sp³-hybridized carbons (Fsp3) is 0.190. The number of amides is 1. The Hall–Kier alpha value is -3.41. The quantitative estimate of drug-likeness (QED) is 0.656. The standard InChI is InChI=1S/C21H23N5O/c1-3-26(4-2)19-10-7-17(8-11-19)24-20-12-9-18(15-23-20)25-21(27)16-6-5-13-22-14-16/h5-15H,3-4H2,1-2H3,(H,23,24)(H,25,27). The molecule has 1 amide bonds. The van der Waals surface area contributed by atoms with Crippen LogP contribution in [0.25, 0.3) is 0 Å². The van der Waals surface area contributed by atoms with Crippen LogP contribution in [0.1, 0.15) is 24.2 Å². The molecule has 3 rings (SSSR count). The van der Waals surface area contributed by atoms with Crippen LogP contribution in [0.5, 0.6) is 0 Å². The van der Waals surface area contributed by atoms with Gasteiger partial charge in [-0.3, -0.25) is 9.78 Å². The minimum absolute atomic E-state index is 0.211. The molecule has 0 saturated carbocycles. The van der Waals surface area contributed by atoms with Crippen molar-refractivity contribution in [2.24, 2.45) is 0 Å². The van der Waals surface area contributed by atoms with Gasteiger partial charge in [0.25, 0.3) is 5.91 Å². The molecule has 2 N–H and O–H groups in total. The molecular formula is C21H23N5O. The van der Waals surface area contributed by atoms with E-state index in [4.69, 9.17) is 0 Å². The van der Waals surface area contributed by atoms with Gasteiger partial charge in [-0.05, 0) is 62.4 Å². The zero-order valence-corrected chi connectivity index (χ0v) is 15.5. The lowest BCUT2D eigenvalue weighted by Crippen LogP contribution is -2.21. The summed E-state index contributed by atoms with van der Waals surface area (Å²) in [5, 5.41) is 6.07. The van der Waals surface area contributed by atoms with Crippen molar-refractivity contribution >= 4 is 28.8 Å². The molecule has 2 heterocycles. The minimum Gasteiger partial charge on any atom is -0.372 e. The van der Waals surface area contributed by atoms with Gasteiger partial charge in [-0.1, -0.05) is 0 Å². The van der Waals surface area contributed by atoms with Crippen molar-refractivity contribution in [1.29, 1.82) is 0 Å². The van der Waals surface area contributed by atoms with E-state index in [0.717, 1.165) is 18.8 Å². The second kappa shape index (κ2) is 8.80. The number of carbonyl (C=O) groups is 1. The SMILES string of the molecule is CCN(CC)c1ccc(Nc2ccc(NC(=O)c3cccnc3)cn2)cc1. The second-order valence-corrected chi connectivity index (χ2v) is 5.97. The van der Waals surface area contributed by atoms with Gasteiger partial charge < -0.3 is 15.5 Å². The van der Waals surface area contributed by atoms with E-state index >= 15 is 0 Å². The van der Waals surface area contributed by atoms with Crippen molar-refractivity contribution in [1.82, 2.24) is 9.97 Å². The van der Waals surface area contributed by atoms with Crippen LogP contribution in [-0.4, -0.2) is 29.0 Å². The number of nitrogens with one attached hydrogen (secondary N) is 2. The van der Waals surface area contributed by atoms with E-state index in [2.05, 4.69) is 51.5 Å². The van der Waals surface area contributed by atoms with Gasteiger partial charge in [0.1, 0.15) is 5.82 Å². The maximum Gasteiger partial charge on any atom is 0.257 e. The Labute approximate surface area is 159 Å². The van der Waals surface area contributed by atoms with Crippen LogP contribution in [0.2, 0.25) is 0 Å². The summed E-state index contributed by atoms with van der Waals surface area (Å²) in [6.45, 7) is 6.26. The molecule has 0 bridgehead atoms. The monoisotopic (exact) mass is 361 g/mol. The number of benzene rings is 1. The molecule has 2 aromatic heterocycles. The van der Waals surface area contributed by atoms with Gasteiger partial charge in [-0.15, -0.1) is 0 Å². The average Bonchev–Trinajstić information content (AvgIpc) is 2.72. The molecule has 138 valence electrons. The molecule has 0 atom stereocenters. The molecule has 0 fully saturated rings. The molecule has 27 heavy (non-hydrogen) atoms. The number of hydrogen-bond acceptors (Lipinski definition) is 5. The first kappa shape index (κ1) is 18.4. The summed E-state index contributed by atoms with van der Waals surface area (Å²) in [5.41, 5.74) is 3.30. The fourth-order valence-electron chi connectivity index (χ4n) is 2.73. The molecule has 0 aliphatic heterocycles. The summed E-state index contributed by atoms with van der Waals surface area (Å²) in [6.07, 6.45) is 4.79. The third-order valence-corrected chi connectivity index (χ3v) is 4.21. The molecule has 6 nitrogen and oxygen atoms in total. The summed E-state index contributed by atoms with van der Waals surface area (Å²) >= 11 is 0. The van der Waals surface area contributed by atoms with Crippen molar-refractivity contribution in [3.8, 4) is 0 Å². The van der Waals surface area contributed by atoms with Crippen molar-refractivity contribution in [3.63, 3.8) is 0 Å². The predicted octanol–water partition coefficient (Wildman–Crippen LogP) is 4.32. The first-order chi connectivity index (χ1) is 13.2. The highest BCUT2D eigenvalue weighted by molar-refractivity contribution is 6.03. The van der Waals surface area contributed by atoms with E-state index in [9.17, 15) is 4.79 Å². The normalized spacial score (nSPS) is 10.3. The Morgan fingerprint density at radius 1 is 0.963 bits per heavy atom. The molecule has 0 saturated heterocycles. The highest BCUT2D eigenvalue weighted by atomic mass is 16.1. The zero-order valence-electron chi connectivity index (χ0n) is 15.5. The van der Waals surface area contributed by atoms with Crippen molar-refractivity contribution in [2.75, 3.05) is 28.6 Å². The molecule has 0 aliphatic carbocycles. The van der Waals surface area contributed by atoms with Crippen molar-refractivity contribution in [2.45, 2.75) is 13.8 Å². The van der Waals surface area contributed by atoms with Crippen LogP contribution in [-0.2, 0) is 0 Å². The molecule has 1 aromatic carbocycles. The summed E-state index contributed by atoms with van der Waals surface area (Å²) in [4.78, 5) is 22.7. The number of rotatable bonds is 7. The van der Waals surface area contributed by atoms with Crippen molar-refractivity contribution < 1.29 is 4.79 Å². The number of aromatic nitrogens is 2. The summed E-state index contributed by atoms with van der Waals surface area (Å²) in [5.74, 6) is 0.502. The van der Waals surface area contributed by atoms with Crippen LogP contribution in [0.4, 0.5) is 22.9 Å². The van der Waals surface area contributed by atoms with Crippen LogP contribution >= 0.6 is 0 Å². The largest absolute Gasteiger partial charge is 0.372 e. The van der Waals surface area contributed by atoms with Gasteiger partial charge in [-0.25, -0.2) is 4.98 Å². The first-order valence-electron chi connectivity index (χ1n) is 8.99. The number of carbonyl (C=O) groups excluding carboxylic acids is 1. The van der Waals surface area contributed by atoms with Gasteiger partial charge in [0, 0.05) is 36.9 Å². The molecule has 0 unspecified atom stereocenters. The Bertz CT molecular complexity index is 859.